The number of aliphatic hydroxyl groups is 2. The zero-order chi connectivity index (χ0) is 20.5. The van der Waals surface area contributed by atoms with Gasteiger partial charge in [-0.15, -0.1) is 13.2 Å². The summed E-state index contributed by atoms with van der Waals surface area (Å²) in [6.45, 7) is 5.23. The number of ether oxygens (including phenoxy) is 1. The number of aromatic nitrogens is 3. The zero-order valence-corrected chi connectivity index (χ0v) is 18.0. The molecule has 7 nitrogen and oxygen atoms in total. The number of rotatable bonds is 8. The first-order valence-electron chi connectivity index (χ1n) is 10.0. The molecular formula is C20H33N4O3P. The van der Waals surface area contributed by atoms with E-state index in [-0.39, 0.29) is 0 Å². The van der Waals surface area contributed by atoms with Crippen LogP contribution in [0.25, 0.3) is 11.2 Å². The van der Waals surface area contributed by atoms with Crippen LogP contribution in [0, 0.1) is 0 Å². The number of hydrogen-bond donors (Lipinski definition) is 3. The predicted molar refractivity (Wildman–Crippen MR) is 116 cm³/mol. The van der Waals surface area contributed by atoms with Gasteiger partial charge in [0.2, 0.25) is 0 Å². The molecule has 4 N–H and O–H groups in total. The van der Waals surface area contributed by atoms with Gasteiger partial charge in [-0.3, -0.25) is 4.57 Å². The van der Waals surface area contributed by atoms with Crippen LogP contribution in [0.2, 0.25) is 0 Å². The van der Waals surface area contributed by atoms with Crippen LogP contribution in [0.4, 0.5) is 5.69 Å². The first-order chi connectivity index (χ1) is 13.2. The topological polar surface area (TPSA) is 106 Å². The van der Waals surface area contributed by atoms with E-state index in [4.69, 9.17) is 15.5 Å². The van der Waals surface area contributed by atoms with Crippen LogP contribution < -0.4 is 5.73 Å². The fourth-order valence-corrected chi connectivity index (χ4v) is 4.64. The second-order valence-corrected chi connectivity index (χ2v) is 12.7. The Balaban J connectivity index is 1.93. The molecule has 0 aromatic carbocycles. The molecule has 3 rings (SSSR count). The lowest BCUT2D eigenvalue weighted by atomic mass is 10.1. The van der Waals surface area contributed by atoms with Crippen LogP contribution in [-0.4, -0.2) is 68.9 Å². The molecule has 28 heavy (non-hydrogen) atoms. The van der Waals surface area contributed by atoms with Crippen molar-refractivity contribution in [3.8, 4) is 0 Å². The third-order valence-electron chi connectivity index (χ3n) is 5.30. The van der Waals surface area contributed by atoms with Crippen molar-refractivity contribution in [3.05, 3.63) is 18.1 Å². The van der Waals surface area contributed by atoms with Crippen LogP contribution in [0.5, 0.6) is 0 Å². The summed E-state index contributed by atoms with van der Waals surface area (Å²) in [5, 5.41) is 21.4. The van der Waals surface area contributed by atoms with Crippen molar-refractivity contribution in [1.29, 1.82) is 0 Å². The Morgan fingerprint density at radius 2 is 2.04 bits per heavy atom. The average molecular weight is 408 g/mol. The minimum Gasteiger partial charge on any atom is -0.397 e. The van der Waals surface area contributed by atoms with E-state index >= 15 is 0 Å². The fraction of sp³-hybridized carbons (Fsp3) is 0.650. The van der Waals surface area contributed by atoms with Gasteiger partial charge in [0.1, 0.15) is 23.5 Å². The number of fused-ring (bicyclic) bond motifs is 1. The van der Waals surface area contributed by atoms with E-state index < -0.39 is 31.4 Å². The molecule has 2 aromatic heterocycles. The molecule has 3 heterocycles. The summed E-state index contributed by atoms with van der Waals surface area (Å²) in [5.41, 5.74) is 7.86. The van der Waals surface area contributed by atoms with E-state index in [9.17, 15) is 10.2 Å². The third kappa shape index (κ3) is 4.43. The number of unbranched alkanes of at least 4 members (excludes halogenated alkanes) is 2. The summed E-state index contributed by atoms with van der Waals surface area (Å²) in [5.74, 6) is 0.788. The Morgan fingerprint density at radius 1 is 1.29 bits per heavy atom. The maximum Gasteiger partial charge on any atom is 0.165 e. The lowest BCUT2D eigenvalue weighted by molar-refractivity contribution is -0.0368. The van der Waals surface area contributed by atoms with E-state index in [2.05, 4.69) is 31.5 Å². The highest BCUT2D eigenvalue weighted by Crippen LogP contribution is 2.40. The van der Waals surface area contributed by atoms with E-state index in [0.717, 1.165) is 37.7 Å². The van der Waals surface area contributed by atoms with Crippen molar-refractivity contribution in [2.45, 2.75) is 63.6 Å². The molecule has 1 aliphatic heterocycles. The van der Waals surface area contributed by atoms with E-state index in [1.54, 1.807) is 12.3 Å². The number of nitrogens with two attached hydrogens (primary N) is 1. The summed E-state index contributed by atoms with van der Waals surface area (Å²) < 4.78 is 7.99. The van der Waals surface area contributed by atoms with Gasteiger partial charge >= 0.3 is 0 Å². The molecule has 4 atom stereocenters. The summed E-state index contributed by atoms with van der Waals surface area (Å²) >= 11 is 0. The molecule has 1 aliphatic rings. The van der Waals surface area contributed by atoms with Crippen molar-refractivity contribution in [1.82, 2.24) is 14.5 Å². The van der Waals surface area contributed by atoms with Gasteiger partial charge in [-0.25, -0.2) is 9.97 Å². The summed E-state index contributed by atoms with van der Waals surface area (Å²) in [6, 6.07) is 1.72. The molecule has 0 aliphatic carbocycles. The van der Waals surface area contributed by atoms with Gasteiger partial charge in [0.15, 0.2) is 11.9 Å². The number of pyridine rings is 1. The molecule has 0 bridgehead atoms. The molecule has 1 unspecified atom stereocenters. The maximum absolute atomic E-state index is 10.8. The normalized spacial score (nSPS) is 25.6. The Labute approximate surface area is 166 Å². The summed E-state index contributed by atoms with van der Waals surface area (Å²) in [6.07, 6.45) is 8.22. The lowest BCUT2D eigenvalue weighted by Gasteiger charge is -2.20. The van der Waals surface area contributed by atoms with Gasteiger partial charge in [0, 0.05) is 12.6 Å². The second kappa shape index (κ2) is 8.54. The quantitative estimate of drug-likeness (QED) is 0.458. The van der Waals surface area contributed by atoms with Gasteiger partial charge in [0.25, 0.3) is 0 Å². The highest BCUT2D eigenvalue weighted by molar-refractivity contribution is 7.72. The largest absolute Gasteiger partial charge is 0.397 e. The molecule has 0 spiro atoms. The predicted octanol–water partition coefficient (Wildman–Crippen LogP) is 2.46. The van der Waals surface area contributed by atoms with Gasteiger partial charge in [-0.05, 0) is 38.4 Å². The van der Waals surface area contributed by atoms with Gasteiger partial charge in [-0.1, -0.05) is 19.8 Å². The van der Waals surface area contributed by atoms with Crippen LogP contribution in [0.15, 0.2) is 12.3 Å². The maximum atomic E-state index is 10.8. The molecule has 0 saturated carbocycles. The van der Waals surface area contributed by atoms with Crippen LogP contribution >= 0.6 is 6.89 Å². The molecule has 2 aromatic rings. The van der Waals surface area contributed by atoms with E-state index in [0.29, 0.717) is 23.3 Å². The molecule has 8 heteroatoms. The Hall–Kier alpha value is -1.40. The van der Waals surface area contributed by atoms with Gasteiger partial charge in [0.05, 0.1) is 11.8 Å². The highest BCUT2D eigenvalue weighted by Gasteiger charge is 2.44. The fourth-order valence-electron chi connectivity index (χ4n) is 3.69. The standard InChI is InChI=1S/C20H33N4O3P/c1-5-6-7-8-15-23-16-13(21)9-11-22-19(16)24(15)20-18(26)17(25)14(27-20)10-12-28(2,3)4/h9,11,14,17-18,20,25-26H,2,5-8,10,12H2,1,3-4H3,(H2,21,22)/t14?,17-,18-,20-/m1/s1. The zero-order valence-electron chi connectivity index (χ0n) is 17.1. The minimum absolute atomic E-state index is 0.428. The van der Waals surface area contributed by atoms with Gasteiger partial charge in [-0.2, -0.15) is 0 Å². The first kappa shape index (κ1) is 21.3. The summed E-state index contributed by atoms with van der Waals surface area (Å²) in [7, 11) is 0. The first-order valence-corrected chi connectivity index (χ1v) is 13.1. The van der Waals surface area contributed by atoms with Crippen molar-refractivity contribution in [2.75, 3.05) is 25.2 Å². The number of anilines is 1. The number of aryl methyl sites for hydroxylation is 1. The highest BCUT2D eigenvalue weighted by atomic mass is 31.2. The number of hydrogen-bond acceptors (Lipinski definition) is 6. The minimum atomic E-state index is -1.24. The number of nitrogens with zero attached hydrogens (tertiary/aromatic N) is 3. The molecule has 156 valence electrons. The van der Waals surface area contributed by atoms with Crippen LogP contribution in [-0.2, 0) is 11.2 Å². The number of imidazole rings is 1. The monoisotopic (exact) mass is 408 g/mol. The SMILES string of the molecule is C=P(C)(C)CCC1O[C@@H](n2c(CCCCC)nc3c(N)ccnc32)[C@H](O)[C@@H]1O. The Morgan fingerprint density at radius 3 is 2.71 bits per heavy atom. The Kier molecular flexibility index (Phi) is 6.50. The van der Waals surface area contributed by atoms with E-state index in [1.165, 1.54) is 0 Å². The van der Waals surface area contributed by atoms with Crippen molar-refractivity contribution >= 4 is 30.0 Å². The number of aliphatic hydroxyl groups excluding tert-OH is 2. The van der Waals surface area contributed by atoms with Gasteiger partial charge < -0.3 is 20.7 Å². The molecule has 1 saturated heterocycles. The smallest absolute Gasteiger partial charge is 0.165 e. The molecular weight excluding hydrogens is 375 g/mol. The van der Waals surface area contributed by atoms with Crippen molar-refractivity contribution < 1.29 is 14.9 Å². The third-order valence-corrected chi connectivity index (χ3v) is 6.77. The Bertz CT molecular complexity index is 862. The average Bonchev–Trinajstić information content (AvgIpc) is 3.12. The molecule has 0 radical (unpaired) electrons. The molecule has 1 fully saturated rings. The van der Waals surface area contributed by atoms with Crippen molar-refractivity contribution in [3.63, 3.8) is 0 Å². The van der Waals surface area contributed by atoms with E-state index in [1.807, 2.05) is 4.57 Å². The summed E-state index contributed by atoms with van der Waals surface area (Å²) in [4.78, 5) is 9.15. The number of nitrogen functional groups attached to an aromatic ring is 1. The van der Waals surface area contributed by atoms with Crippen LogP contribution in [0.3, 0.4) is 0 Å². The lowest BCUT2D eigenvalue weighted by Crippen LogP contribution is -2.32. The molecule has 0 amide bonds. The van der Waals surface area contributed by atoms with Crippen molar-refractivity contribution in [2.24, 2.45) is 0 Å². The second-order valence-electron chi connectivity index (χ2n) is 8.42. The van der Waals surface area contributed by atoms with Crippen LogP contribution in [0.1, 0.15) is 44.7 Å².